The van der Waals surface area contributed by atoms with E-state index < -0.39 is 0 Å². The van der Waals surface area contributed by atoms with Crippen molar-refractivity contribution in [3.63, 3.8) is 0 Å². The molecule has 0 aliphatic carbocycles. The Morgan fingerprint density at radius 1 is 1.20 bits per heavy atom. The van der Waals surface area contributed by atoms with Crippen molar-refractivity contribution in [2.24, 2.45) is 5.92 Å². The molecule has 1 fully saturated rings. The van der Waals surface area contributed by atoms with E-state index >= 15 is 0 Å². The smallest absolute Gasteiger partial charge is 0.229 e. The minimum absolute atomic E-state index is 0.0130. The number of amides is 2. The van der Waals surface area contributed by atoms with Crippen LogP contribution in [0.4, 0.5) is 5.69 Å². The number of piperidine rings is 1. The lowest BCUT2D eigenvalue weighted by atomic mass is 9.98. The monoisotopic (exact) mass is 356 g/mol. The molecule has 1 aliphatic rings. The van der Waals surface area contributed by atoms with Crippen molar-refractivity contribution in [3.8, 4) is 0 Å². The van der Waals surface area contributed by atoms with Crippen LogP contribution in [0.25, 0.3) is 0 Å². The summed E-state index contributed by atoms with van der Waals surface area (Å²) < 4.78 is 0. The summed E-state index contributed by atoms with van der Waals surface area (Å²) in [6.45, 7) is 4.30. The second-order valence-electron chi connectivity index (χ2n) is 6.09. The van der Waals surface area contributed by atoms with E-state index in [1.807, 2.05) is 44.2 Å². The highest BCUT2D eigenvalue weighted by Crippen LogP contribution is 2.26. The fourth-order valence-electron chi connectivity index (χ4n) is 2.65. The van der Waals surface area contributed by atoms with Gasteiger partial charge in [-0.2, -0.15) is 0 Å². The van der Waals surface area contributed by atoms with Crippen molar-refractivity contribution in [1.82, 2.24) is 15.3 Å². The first-order chi connectivity index (χ1) is 12.0. The first-order valence-electron chi connectivity index (χ1n) is 8.17. The maximum Gasteiger partial charge on any atom is 0.229 e. The van der Waals surface area contributed by atoms with Gasteiger partial charge in [-0.05, 0) is 62.4 Å². The number of carbonyl (C=O) groups is 2. The van der Waals surface area contributed by atoms with Crippen LogP contribution in [0.3, 0.4) is 0 Å². The van der Waals surface area contributed by atoms with Gasteiger partial charge in [0.2, 0.25) is 11.8 Å². The molecule has 2 N–H and O–H groups in total. The second-order valence-corrected chi connectivity index (χ2v) is 7.13. The SMILES string of the molecule is Cc1cc(C)nc(Sc2ccc(NC(=O)C3CCC(=O)NC3)cc2)n1. The van der Waals surface area contributed by atoms with Gasteiger partial charge in [0.1, 0.15) is 0 Å². The van der Waals surface area contributed by atoms with E-state index in [4.69, 9.17) is 0 Å². The van der Waals surface area contributed by atoms with E-state index in [-0.39, 0.29) is 17.7 Å². The molecule has 0 saturated carbocycles. The van der Waals surface area contributed by atoms with Crippen LogP contribution in [0, 0.1) is 19.8 Å². The third kappa shape index (κ3) is 4.79. The summed E-state index contributed by atoms with van der Waals surface area (Å²) in [5, 5.41) is 6.35. The average molecular weight is 356 g/mol. The molecule has 130 valence electrons. The zero-order valence-corrected chi connectivity index (χ0v) is 15.0. The van der Waals surface area contributed by atoms with Gasteiger partial charge in [0.25, 0.3) is 0 Å². The zero-order chi connectivity index (χ0) is 17.8. The summed E-state index contributed by atoms with van der Waals surface area (Å²) in [6.07, 6.45) is 0.999. The van der Waals surface area contributed by atoms with Crippen LogP contribution in [-0.4, -0.2) is 28.3 Å². The molecule has 1 aromatic carbocycles. The number of rotatable bonds is 4. The lowest BCUT2D eigenvalue weighted by Crippen LogP contribution is -2.40. The highest BCUT2D eigenvalue weighted by Gasteiger charge is 2.24. The molecule has 25 heavy (non-hydrogen) atoms. The van der Waals surface area contributed by atoms with E-state index in [2.05, 4.69) is 20.6 Å². The number of carbonyl (C=O) groups excluding carboxylic acids is 2. The normalized spacial score (nSPS) is 17.0. The molecular formula is C18H20N4O2S. The molecule has 2 heterocycles. The molecule has 0 spiro atoms. The van der Waals surface area contributed by atoms with Crippen LogP contribution in [0.2, 0.25) is 0 Å². The van der Waals surface area contributed by atoms with Gasteiger partial charge in [0.15, 0.2) is 5.16 Å². The molecule has 2 amide bonds. The topological polar surface area (TPSA) is 84.0 Å². The fraction of sp³-hybridized carbons (Fsp3) is 0.333. The molecule has 1 aliphatic heterocycles. The van der Waals surface area contributed by atoms with Gasteiger partial charge in [0.05, 0.1) is 5.92 Å². The second kappa shape index (κ2) is 7.65. The van der Waals surface area contributed by atoms with Gasteiger partial charge in [-0.3, -0.25) is 9.59 Å². The standard InChI is InChI=1S/C18H20N4O2S/c1-11-9-12(2)21-18(20-11)25-15-6-4-14(5-7-15)22-17(24)13-3-8-16(23)19-10-13/h4-7,9,13H,3,8,10H2,1-2H3,(H,19,23)(H,22,24). The van der Waals surface area contributed by atoms with Gasteiger partial charge >= 0.3 is 0 Å². The Kier molecular flexibility index (Phi) is 5.33. The fourth-order valence-corrected chi connectivity index (χ4v) is 3.51. The van der Waals surface area contributed by atoms with Crippen LogP contribution in [0.15, 0.2) is 40.4 Å². The third-order valence-electron chi connectivity index (χ3n) is 3.93. The first kappa shape index (κ1) is 17.4. The molecular weight excluding hydrogens is 336 g/mol. The number of hydrogen-bond acceptors (Lipinski definition) is 5. The van der Waals surface area contributed by atoms with Crippen molar-refractivity contribution < 1.29 is 9.59 Å². The Hall–Kier alpha value is -2.41. The predicted molar refractivity (Wildman–Crippen MR) is 96.4 cm³/mol. The number of benzene rings is 1. The minimum Gasteiger partial charge on any atom is -0.355 e. The molecule has 1 aromatic heterocycles. The number of aryl methyl sites for hydroxylation is 2. The predicted octanol–water partition coefficient (Wildman–Crippen LogP) is 2.71. The van der Waals surface area contributed by atoms with Crippen LogP contribution < -0.4 is 10.6 Å². The van der Waals surface area contributed by atoms with Crippen molar-refractivity contribution in [2.45, 2.75) is 36.7 Å². The number of nitrogens with zero attached hydrogens (tertiary/aromatic N) is 2. The molecule has 1 unspecified atom stereocenters. The quantitative estimate of drug-likeness (QED) is 0.823. The van der Waals surface area contributed by atoms with E-state index in [1.54, 1.807) is 0 Å². The molecule has 0 bridgehead atoms. The van der Waals surface area contributed by atoms with Crippen LogP contribution in [0.1, 0.15) is 24.2 Å². The minimum atomic E-state index is -0.171. The molecule has 2 aromatic rings. The lowest BCUT2D eigenvalue weighted by Gasteiger charge is -2.21. The Morgan fingerprint density at radius 3 is 2.48 bits per heavy atom. The Labute approximate surface area is 150 Å². The van der Waals surface area contributed by atoms with Crippen molar-refractivity contribution in [2.75, 3.05) is 11.9 Å². The Bertz CT molecular complexity index is 762. The summed E-state index contributed by atoms with van der Waals surface area (Å²) in [7, 11) is 0. The van der Waals surface area contributed by atoms with Gasteiger partial charge in [-0.1, -0.05) is 0 Å². The Morgan fingerprint density at radius 2 is 1.88 bits per heavy atom. The first-order valence-corrected chi connectivity index (χ1v) is 8.99. The van der Waals surface area contributed by atoms with Crippen molar-refractivity contribution >= 4 is 29.3 Å². The zero-order valence-electron chi connectivity index (χ0n) is 14.2. The summed E-state index contributed by atoms with van der Waals surface area (Å²) in [6, 6.07) is 9.54. The number of nitrogens with one attached hydrogen (secondary N) is 2. The molecule has 1 atom stereocenters. The maximum absolute atomic E-state index is 12.2. The highest BCUT2D eigenvalue weighted by molar-refractivity contribution is 7.99. The molecule has 7 heteroatoms. The number of aromatic nitrogens is 2. The molecule has 0 radical (unpaired) electrons. The lowest BCUT2D eigenvalue weighted by molar-refractivity contribution is -0.126. The maximum atomic E-state index is 12.2. The summed E-state index contributed by atoms with van der Waals surface area (Å²) in [5.41, 5.74) is 2.63. The van der Waals surface area contributed by atoms with E-state index in [0.717, 1.165) is 22.0 Å². The van der Waals surface area contributed by atoms with Gasteiger partial charge in [-0.25, -0.2) is 9.97 Å². The van der Waals surface area contributed by atoms with Crippen molar-refractivity contribution in [1.29, 1.82) is 0 Å². The summed E-state index contributed by atoms with van der Waals surface area (Å²) in [4.78, 5) is 33.2. The van der Waals surface area contributed by atoms with E-state index in [0.29, 0.717) is 24.5 Å². The third-order valence-corrected chi connectivity index (χ3v) is 4.80. The van der Waals surface area contributed by atoms with Crippen LogP contribution in [-0.2, 0) is 9.59 Å². The number of hydrogen-bond donors (Lipinski definition) is 2. The molecule has 6 nitrogen and oxygen atoms in total. The number of anilines is 1. The van der Waals surface area contributed by atoms with Gasteiger partial charge < -0.3 is 10.6 Å². The average Bonchev–Trinajstić information content (AvgIpc) is 2.56. The molecule has 1 saturated heterocycles. The summed E-state index contributed by atoms with van der Waals surface area (Å²) >= 11 is 1.49. The highest BCUT2D eigenvalue weighted by atomic mass is 32.2. The van der Waals surface area contributed by atoms with Crippen LogP contribution >= 0.6 is 11.8 Å². The van der Waals surface area contributed by atoms with Crippen LogP contribution in [0.5, 0.6) is 0 Å². The van der Waals surface area contributed by atoms with E-state index in [9.17, 15) is 9.59 Å². The van der Waals surface area contributed by atoms with Gasteiger partial charge in [-0.15, -0.1) is 0 Å². The van der Waals surface area contributed by atoms with E-state index in [1.165, 1.54) is 11.8 Å². The van der Waals surface area contributed by atoms with Gasteiger partial charge in [0, 0.05) is 34.9 Å². The largest absolute Gasteiger partial charge is 0.355 e. The molecule has 3 rings (SSSR count). The van der Waals surface area contributed by atoms with Crippen molar-refractivity contribution in [3.05, 3.63) is 41.7 Å². The Balaban J connectivity index is 1.60. The summed E-state index contributed by atoms with van der Waals surface area (Å²) in [5.74, 6) is -0.215.